The summed E-state index contributed by atoms with van der Waals surface area (Å²) >= 11 is 0. The molecule has 74 valence electrons. The fourth-order valence-corrected chi connectivity index (χ4v) is 1.44. The summed E-state index contributed by atoms with van der Waals surface area (Å²) in [5.74, 6) is 0.732. The molecule has 0 fully saturated rings. The van der Waals surface area contributed by atoms with Crippen LogP contribution < -0.4 is 4.74 Å². The third kappa shape index (κ3) is 1.55. The molecule has 0 bridgehead atoms. The lowest BCUT2D eigenvalue weighted by Crippen LogP contribution is -1.87. The Morgan fingerprint density at radius 3 is 2.87 bits per heavy atom. The van der Waals surface area contributed by atoms with Crippen LogP contribution in [0.5, 0.6) is 5.75 Å². The van der Waals surface area contributed by atoms with Crippen molar-refractivity contribution in [3.05, 3.63) is 36.2 Å². The monoisotopic (exact) mass is 199 g/mol. The van der Waals surface area contributed by atoms with Gasteiger partial charge in [-0.05, 0) is 6.07 Å². The summed E-state index contributed by atoms with van der Waals surface area (Å²) in [4.78, 5) is 0. The Labute approximate surface area is 87.1 Å². The van der Waals surface area contributed by atoms with Gasteiger partial charge in [0.25, 0.3) is 0 Å². The third-order valence-corrected chi connectivity index (χ3v) is 2.15. The van der Waals surface area contributed by atoms with Crippen LogP contribution in [0.25, 0.3) is 11.1 Å². The first-order chi connectivity index (χ1) is 7.36. The molecular weight excluding hydrogens is 190 g/mol. The van der Waals surface area contributed by atoms with Crippen LogP contribution in [0.15, 0.2) is 30.5 Å². The molecule has 1 aromatic carbocycles. The van der Waals surface area contributed by atoms with E-state index in [-0.39, 0.29) is 0 Å². The second kappa shape index (κ2) is 3.84. The number of nitrogens with zero attached hydrogens (tertiary/aromatic N) is 2. The second-order valence-electron chi connectivity index (χ2n) is 2.97. The first-order valence-corrected chi connectivity index (χ1v) is 4.43. The molecule has 0 unspecified atom stereocenters. The van der Waals surface area contributed by atoms with Gasteiger partial charge in [-0.25, -0.2) is 0 Å². The van der Waals surface area contributed by atoms with Gasteiger partial charge in [0.15, 0.2) is 0 Å². The van der Waals surface area contributed by atoms with Crippen LogP contribution in [-0.2, 0) is 0 Å². The van der Waals surface area contributed by atoms with E-state index < -0.39 is 0 Å². The van der Waals surface area contributed by atoms with Crippen LogP contribution in [0.3, 0.4) is 0 Å². The van der Waals surface area contributed by atoms with Gasteiger partial charge in [-0.3, -0.25) is 5.10 Å². The number of ether oxygens (including phenoxy) is 1. The highest BCUT2D eigenvalue weighted by molar-refractivity contribution is 5.73. The first kappa shape index (κ1) is 9.28. The molecule has 0 spiro atoms. The van der Waals surface area contributed by atoms with E-state index in [2.05, 4.69) is 16.3 Å². The van der Waals surface area contributed by atoms with Crippen molar-refractivity contribution in [1.82, 2.24) is 10.2 Å². The largest absolute Gasteiger partial charge is 0.496 e. The van der Waals surface area contributed by atoms with Gasteiger partial charge in [-0.2, -0.15) is 10.4 Å². The van der Waals surface area contributed by atoms with Gasteiger partial charge in [-0.15, -0.1) is 0 Å². The number of nitriles is 1. The van der Waals surface area contributed by atoms with E-state index in [1.807, 2.05) is 24.3 Å². The molecule has 1 aromatic heterocycles. The summed E-state index contributed by atoms with van der Waals surface area (Å²) in [5.41, 5.74) is 2.07. The van der Waals surface area contributed by atoms with Crippen molar-refractivity contribution in [2.75, 3.05) is 7.11 Å². The van der Waals surface area contributed by atoms with Gasteiger partial charge < -0.3 is 4.74 Å². The second-order valence-corrected chi connectivity index (χ2v) is 2.97. The van der Waals surface area contributed by atoms with Gasteiger partial charge in [0.1, 0.15) is 17.5 Å². The van der Waals surface area contributed by atoms with Crippen molar-refractivity contribution in [3.8, 4) is 22.9 Å². The Bertz CT molecular complexity index is 511. The van der Waals surface area contributed by atoms with Crippen LogP contribution in [0.1, 0.15) is 5.69 Å². The molecule has 4 nitrogen and oxygen atoms in total. The topological polar surface area (TPSA) is 61.7 Å². The number of hydrogen-bond acceptors (Lipinski definition) is 3. The van der Waals surface area contributed by atoms with Gasteiger partial charge in [-0.1, -0.05) is 18.2 Å². The predicted molar refractivity (Wildman–Crippen MR) is 55.3 cm³/mol. The van der Waals surface area contributed by atoms with Crippen LogP contribution >= 0.6 is 0 Å². The summed E-state index contributed by atoms with van der Waals surface area (Å²) < 4.78 is 5.22. The highest BCUT2D eigenvalue weighted by Crippen LogP contribution is 2.30. The molecule has 0 saturated heterocycles. The Balaban J connectivity index is 2.59. The molecule has 15 heavy (non-hydrogen) atoms. The van der Waals surface area contributed by atoms with E-state index in [0.717, 1.165) is 16.9 Å². The van der Waals surface area contributed by atoms with Crippen LogP contribution in [0, 0.1) is 11.3 Å². The minimum atomic E-state index is 0.444. The number of benzene rings is 1. The number of nitrogens with one attached hydrogen (secondary N) is 1. The van der Waals surface area contributed by atoms with Gasteiger partial charge in [0, 0.05) is 11.1 Å². The highest BCUT2D eigenvalue weighted by atomic mass is 16.5. The SMILES string of the molecule is COc1ccccc1-c1cn[nH]c1C#N. The normalized spacial score (nSPS) is 9.60. The maximum absolute atomic E-state index is 8.87. The lowest BCUT2D eigenvalue weighted by atomic mass is 10.1. The van der Waals surface area contributed by atoms with Crippen LogP contribution in [0.2, 0.25) is 0 Å². The number of hydrogen-bond donors (Lipinski definition) is 1. The van der Waals surface area contributed by atoms with Crippen molar-refractivity contribution in [3.63, 3.8) is 0 Å². The number of rotatable bonds is 2. The third-order valence-electron chi connectivity index (χ3n) is 2.15. The maximum atomic E-state index is 8.87. The van der Waals surface area contributed by atoms with E-state index in [1.165, 1.54) is 0 Å². The molecule has 2 aromatic rings. The van der Waals surface area contributed by atoms with Gasteiger partial charge >= 0.3 is 0 Å². The summed E-state index contributed by atoms with van der Waals surface area (Å²) in [5, 5.41) is 15.4. The zero-order valence-electron chi connectivity index (χ0n) is 8.19. The molecule has 1 N–H and O–H groups in total. The van der Waals surface area contributed by atoms with Gasteiger partial charge in [0.05, 0.1) is 13.3 Å². The molecule has 0 aliphatic rings. The standard InChI is InChI=1S/C11H9N3O/c1-15-11-5-3-2-4-8(11)9-7-13-14-10(9)6-12/h2-5,7H,1H3,(H,13,14). The predicted octanol–water partition coefficient (Wildman–Crippen LogP) is 1.96. The molecule has 0 aliphatic heterocycles. The molecule has 0 radical (unpaired) electrons. The Morgan fingerprint density at radius 2 is 2.13 bits per heavy atom. The fourth-order valence-electron chi connectivity index (χ4n) is 1.44. The molecule has 2 rings (SSSR count). The summed E-state index contributed by atoms with van der Waals surface area (Å²) in [6.45, 7) is 0. The van der Waals surface area contributed by atoms with E-state index in [4.69, 9.17) is 10.00 Å². The molecule has 0 saturated carbocycles. The van der Waals surface area contributed by atoms with Crippen LogP contribution in [-0.4, -0.2) is 17.3 Å². The molecule has 4 heteroatoms. The molecule has 0 atom stereocenters. The van der Waals surface area contributed by atoms with Crippen molar-refractivity contribution in [2.24, 2.45) is 0 Å². The van der Waals surface area contributed by atoms with E-state index in [0.29, 0.717) is 5.69 Å². The Morgan fingerprint density at radius 1 is 1.33 bits per heavy atom. The lowest BCUT2D eigenvalue weighted by Gasteiger charge is -2.05. The van der Waals surface area contributed by atoms with Crippen molar-refractivity contribution in [2.45, 2.75) is 0 Å². The van der Waals surface area contributed by atoms with E-state index in [1.54, 1.807) is 13.3 Å². The molecular formula is C11H9N3O. The smallest absolute Gasteiger partial charge is 0.143 e. The Hall–Kier alpha value is -2.28. The van der Waals surface area contributed by atoms with Crippen molar-refractivity contribution < 1.29 is 4.74 Å². The van der Waals surface area contributed by atoms with Crippen LogP contribution in [0.4, 0.5) is 0 Å². The Kier molecular flexibility index (Phi) is 2.38. The minimum absolute atomic E-state index is 0.444. The fraction of sp³-hybridized carbons (Fsp3) is 0.0909. The van der Waals surface area contributed by atoms with Crippen molar-refractivity contribution >= 4 is 0 Å². The lowest BCUT2D eigenvalue weighted by molar-refractivity contribution is 0.416. The zero-order valence-corrected chi connectivity index (χ0v) is 8.19. The quantitative estimate of drug-likeness (QED) is 0.804. The first-order valence-electron chi connectivity index (χ1n) is 4.43. The van der Waals surface area contributed by atoms with E-state index in [9.17, 15) is 0 Å². The molecule has 0 aliphatic carbocycles. The summed E-state index contributed by atoms with van der Waals surface area (Å²) in [6.07, 6.45) is 1.62. The number of para-hydroxylation sites is 1. The maximum Gasteiger partial charge on any atom is 0.143 e. The minimum Gasteiger partial charge on any atom is -0.496 e. The van der Waals surface area contributed by atoms with Crippen molar-refractivity contribution in [1.29, 1.82) is 5.26 Å². The number of aromatic nitrogens is 2. The van der Waals surface area contributed by atoms with E-state index >= 15 is 0 Å². The van der Waals surface area contributed by atoms with Gasteiger partial charge in [0.2, 0.25) is 0 Å². The number of aromatic amines is 1. The average molecular weight is 199 g/mol. The zero-order chi connectivity index (χ0) is 10.7. The number of methoxy groups -OCH3 is 1. The summed E-state index contributed by atoms with van der Waals surface area (Å²) in [7, 11) is 1.60. The average Bonchev–Trinajstić information content (AvgIpc) is 2.76. The summed E-state index contributed by atoms with van der Waals surface area (Å²) in [6, 6.07) is 9.57. The highest BCUT2D eigenvalue weighted by Gasteiger charge is 2.10. The molecule has 0 amide bonds. The molecule has 1 heterocycles. The number of H-pyrrole nitrogens is 1.